The molecule has 0 bridgehead atoms. The summed E-state index contributed by atoms with van der Waals surface area (Å²) in [7, 11) is 1.53. The molecule has 0 spiro atoms. The number of amides is 2. The third-order valence-electron chi connectivity index (χ3n) is 4.18. The van der Waals surface area contributed by atoms with Gasteiger partial charge in [-0.2, -0.15) is 0 Å². The lowest BCUT2D eigenvalue weighted by Crippen LogP contribution is -2.15. The minimum absolute atomic E-state index is 0.0380. The Kier molecular flexibility index (Phi) is 4.95. The van der Waals surface area contributed by atoms with Gasteiger partial charge in [-0.3, -0.25) is 9.59 Å². The van der Waals surface area contributed by atoms with E-state index < -0.39 is 0 Å². The van der Waals surface area contributed by atoms with Crippen LogP contribution in [0.3, 0.4) is 0 Å². The number of nitrogens with one attached hydrogen (secondary N) is 2. The van der Waals surface area contributed by atoms with Gasteiger partial charge in [-0.1, -0.05) is 23.7 Å². The fourth-order valence-corrected chi connectivity index (χ4v) is 3.10. The number of anilines is 2. The van der Waals surface area contributed by atoms with Gasteiger partial charge in [-0.05, 0) is 48.2 Å². The summed E-state index contributed by atoms with van der Waals surface area (Å²) in [6, 6.07) is 12.8. The summed E-state index contributed by atoms with van der Waals surface area (Å²) in [5, 5.41) is 6.28. The van der Waals surface area contributed by atoms with E-state index in [0.717, 1.165) is 12.0 Å². The van der Waals surface area contributed by atoms with Crippen molar-refractivity contribution in [1.82, 2.24) is 0 Å². The highest BCUT2D eigenvalue weighted by molar-refractivity contribution is 6.30. The lowest BCUT2D eigenvalue weighted by molar-refractivity contribution is -0.117. The highest BCUT2D eigenvalue weighted by Crippen LogP contribution is 2.48. The molecule has 2 aromatic rings. The van der Waals surface area contributed by atoms with Gasteiger partial charge in [0.15, 0.2) is 0 Å². The molecule has 0 heterocycles. The van der Waals surface area contributed by atoms with Gasteiger partial charge in [0, 0.05) is 23.6 Å². The molecule has 130 valence electrons. The van der Waals surface area contributed by atoms with E-state index in [1.807, 2.05) is 24.3 Å². The highest BCUT2D eigenvalue weighted by Gasteiger charge is 2.44. The van der Waals surface area contributed by atoms with Gasteiger partial charge >= 0.3 is 0 Å². The number of halogens is 1. The van der Waals surface area contributed by atoms with E-state index in [1.165, 1.54) is 14.0 Å². The Morgan fingerprint density at radius 1 is 1.16 bits per heavy atom. The molecule has 5 nitrogen and oxygen atoms in total. The van der Waals surface area contributed by atoms with E-state index >= 15 is 0 Å². The van der Waals surface area contributed by atoms with E-state index in [4.69, 9.17) is 16.3 Å². The minimum Gasteiger partial charge on any atom is -0.495 e. The second kappa shape index (κ2) is 7.15. The quantitative estimate of drug-likeness (QED) is 0.847. The summed E-state index contributed by atoms with van der Waals surface area (Å²) in [6.07, 6.45) is 0.806. The molecule has 1 saturated carbocycles. The van der Waals surface area contributed by atoms with Crippen LogP contribution in [0.2, 0.25) is 5.02 Å². The first-order valence-electron chi connectivity index (χ1n) is 8.00. The second-order valence-electron chi connectivity index (χ2n) is 6.09. The molecule has 0 radical (unpaired) electrons. The number of methoxy groups -OCH3 is 1. The zero-order valence-electron chi connectivity index (χ0n) is 14.0. The van der Waals surface area contributed by atoms with Gasteiger partial charge in [0.05, 0.1) is 12.8 Å². The summed E-state index contributed by atoms with van der Waals surface area (Å²) in [5.74, 6) is 0.432. The number of rotatable bonds is 5. The molecule has 2 aromatic carbocycles. The molecule has 0 aromatic heterocycles. The lowest BCUT2D eigenvalue weighted by Gasteiger charge is -2.12. The van der Waals surface area contributed by atoms with Crippen LogP contribution in [0.15, 0.2) is 42.5 Å². The topological polar surface area (TPSA) is 67.4 Å². The van der Waals surface area contributed by atoms with Crippen LogP contribution in [-0.2, 0) is 9.59 Å². The van der Waals surface area contributed by atoms with E-state index in [-0.39, 0.29) is 23.7 Å². The zero-order valence-corrected chi connectivity index (χ0v) is 14.8. The highest BCUT2D eigenvalue weighted by atomic mass is 35.5. The van der Waals surface area contributed by atoms with Gasteiger partial charge < -0.3 is 15.4 Å². The molecule has 6 heteroatoms. The van der Waals surface area contributed by atoms with Crippen molar-refractivity contribution >= 4 is 34.8 Å². The lowest BCUT2D eigenvalue weighted by atomic mass is 10.1. The van der Waals surface area contributed by atoms with Crippen molar-refractivity contribution in [3.8, 4) is 5.75 Å². The van der Waals surface area contributed by atoms with Crippen LogP contribution < -0.4 is 15.4 Å². The van der Waals surface area contributed by atoms with Crippen LogP contribution in [0.5, 0.6) is 5.75 Å². The molecule has 1 aliphatic carbocycles. The molecular weight excluding hydrogens is 340 g/mol. The normalized spacial score (nSPS) is 18.4. The number of carbonyl (C=O) groups excluding carboxylic acids is 2. The third kappa shape index (κ3) is 4.12. The van der Waals surface area contributed by atoms with Crippen LogP contribution >= 0.6 is 11.6 Å². The Balaban J connectivity index is 1.68. The first kappa shape index (κ1) is 17.3. The maximum Gasteiger partial charge on any atom is 0.228 e. The largest absolute Gasteiger partial charge is 0.495 e. The van der Waals surface area contributed by atoms with Crippen molar-refractivity contribution in [2.45, 2.75) is 19.3 Å². The van der Waals surface area contributed by atoms with Crippen LogP contribution in [0.25, 0.3) is 0 Å². The predicted octanol–water partition coefficient (Wildman–Crippen LogP) is 4.05. The molecule has 1 aliphatic rings. The molecule has 25 heavy (non-hydrogen) atoms. The Labute approximate surface area is 151 Å². The Hall–Kier alpha value is -2.53. The monoisotopic (exact) mass is 358 g/mol. The molecule has 2 N–H and O–H groups in total. The molecular formula is C19H19ClN2O3. The van der Waals surface area contributed by atoms with E-state index in [1.54, 1.807) is 18.2 Å². The van der Waals surface area contributed by atoms with Crippen molar-refractivity contribution in [2.24, 2.45) is 5.92 Å². The minimum atomic E-state index is -0.204. The fourth-order valence-electron chi connectivity index (χ4n) is 2.90. The first-order valence-corrected chi connectivity index (χ1v) is 8.37. The summed E-state index contributed by atoms with van der Waals surface area (Å²) in [4.78, 5) is 23.8. The van der Waals surface area contributed by atoms with Crippen LogP contribution in [0.4, 0.5) is 11.4 Å². The standard InChI is InChI=1S/C19H19ClN2O3/c1-11(23)21-17-9-14(6-7-18(17)25-2)22-19(24)16-10-15(16)12-4-3-5-13(20)8-12/h3-9,15-16H,10H2,1-2H3,(H,21,23)(H,22,24). The summed E-state index contributed by atoms with van der Waals surface area (Å²) < 4.78 is 5.21. The van der Waals surface area contributed by atoms with Crippen LogP contribution in [-0.4, -0.2) is 18.9 Å². The summed E-state index contributed by atoms with van der Waals surface area (Å²) in [5.41, 5.74) is 2.22. The third-order valence-corrected chi connectivity index (χ3v) is 4.42. The van der Waals surface area contributed by atoms with Crippen molar-refractivity contribution in [2.75, 3.05) is 17.7 Å². The second-order valence-corrected chi connectivity index (χ2v) is 6.53. The zero-order chi connectivity index (χ0) is 18.0. The van der Waals surface area contributed by atoms with E-state index in [0.29, 0.717) is 22.1 Å². The van der Waals surface area contributed by atoms with Crippen molar-refractivity contribution in [3.05, 3.63) is 53.1 Å². The number of hydrogen-bond acceptors (Lipinski definition) is 3. The Bertz CT molecular complexity index is 822. The SMILES string of the molecule is COc1ccc(NC(=O)C2CC2c2cccc(Cl)c2)cc1NC(C)=O. The molecule has 2 atom stereocenters. The Morgan fingerprint density at radius 2 is 1.96 bits per heavy atom. The van der Waals surface area contributed by atoms with Crippen molar-refractivity contribution in [1.29, 1.82) is 0 Å². The van der Waals surface area contributed by atoms with Crippen LogP contribution in [0, 0.1) is 5.92 Å². The molecule has 0 saturated heterocycles. The van der Waals surface area contributed by atoms with Gasteiger partial charge in [0.1, 0.15) is 5.75 Å². The average Bonchev–Trinajstić information content (AvgIpc) is 3.35. The number of benzene rings is 2. The number of carbonyl (C=O) groups is 2. The molecule has 1 fully saturated rings. The molecule has 2 unspecified atom stereocenters. The van der Waals surface area contributed by atoms with Gasteiger partial charge in [-0.15, -0.1) is 0 Å². The van der Waals surface area contributed by atoms with Crippen molar-refractivity contribution in [3.63, 3.8) is 0 Å². The maximum atomic E-state index is 12.5. The summed E-state index contributed by atoms with van der Waals surface area (Å²) >= 11 is 6.01. The van der Waals surface area contributed by atoms with Crippen LogP contribution in [0.1, 0.15) is 24.8 Å². The average molecular weight is 359 g/mol. The van der Waals surface area contributed by atoms with Gasteiger partial charge in [0.25, 0.3) is 0 Å². The Morgan fingerprint density at radius 3 is 2.64 bits per heavy atom. The predicted molar refractivity (Wildman–Crippen MR) is 98.2 cm³/mol. The van der Waals surface area contributed by atoms with Gasteiger partial charge in [0.2, 0.25) is 11.8 Å². The van der Waals surface area contributed by atoms with Crippen molar-refractivity contribution < 1.29 is 14.3 Å². The molecule has 2 amide bonds. The smallest absolute Gasteiger partial charge is 0.228 e. The van der Waals surface area contributed by atoms with E-state index in [2.05, 4.69) is 10.6 Å². The number of hydrogen-bond donors (Lipinski definition) is 2. The number of ether oxygens (including phenoxy) is 1. The van der Waals surface area contributed by atoms with Gasteiger partial charge in [-0.25, -0.2) is 0 Å². The van der Waals surface area contributed by atoms with E-state index in [9.17, 15) is 9.59 Å². The molecule has 3 rings (SSSR count). The molecule has 0 aliphatic heterocycles. The summed E-state index contributed by atoms with van der Waals surface area (Å²) in [6.45, 7) is 1.42. The fraction of sp³-hybridized carbons (Fsp3) is 0.263. The maximum absolute atomic E-state index is 12.5. The first-order chi connectivity index (χ1) is 12.0.